The second-order valence-corrected chi connectivity index (χ2v) is 9.49. The Balaban J connectivity index is 0.00000220. The maximum Gasteiger partial charge on any atom is 0.295 e. The van der Waals surface area contributed by atoms with Gasteiger partial charge in [-0.15, -0.1) is 24.8 Å². The molecular weight excluding hydrogens is 549 g/mol. The van der Waals surface area contributed by atoms with E-state index in [0.717, 1.165) is 22.4 Å². The smallest absolute Gasteiger partial charge is 0.295 e. The third-order valence-electron chi connectivity index (χ3n) is 6.98. The van der Waals surface area contributed by atoms with Crippen molar-refractivity contribution in [1.29, 1.82) is 0 Å². The molecule has 9 nitrogen and oxygen atoms in total. The van der Waals surface area contributed by atoms with Crippen molar-refractivity contribution in [3.8, 4) is 0 Å². The minimum Gasteiger partial charge on any atom is -0.384 e. The highest BCUT2D eigenvalue weighted by atomic mass is 35.5. The molecule has 210 valence electrons. The summed E-state index contributed by atoms with van der Waals surface area (Å²) >= 11 is 0. The number of rotatable bonds is 8. The summed E-state index contributed by atoms with van der Waals surface area (Å²) in [5.74, 6) is 1.05. The lowest BCUT2D eigenvalue weighted by Gasteiger charge is -2.20. The number of nitrogens with one attached hydrogen (secondary N) is 2. The fourth-order valence-electron chi connectivity index (χ4n) is 4.89. The van der Waals surface area contributed by atoms with Crippen LogP contribution in [-0.4, -0.2) is 40.6 Å². The molecule has 5 rings (SSSR count). The first kappa shape index (κ1) is 30.5. The maximum absolute atomic E-state index is 13.6. The number of pyridine rings is 1. The van der Waals surface area contributed by atoms with E-state index in [-0.39, 0.29) is 48.0 Å². The minimum absolute atomic E-state index is 0. The Morgan fingerprint density at radius 1 is 1.02 bits per heavy atom. The Kier molecular flexibility index (Phi) is 10.1. The van der Waals surface area contributed by atoms with E-state index in [0.29, 0.717) is 31.3 Å². The van der Waals surface area contributed by atoms with Gasteiger partial charge in [-0.05, 0) is 29.7 Å². The summed E-state index contributed by atoms with van der Waals surface area (Å²) in [4.78, 5) is 37.3. The van der Waals surface area contributed by atoms with E-state index < -0.39 is 6.04 Å². The van der Waals surface area contributed by atoms with Gasteiger partial charge >= 0.3 is 0 Å². The van der Waals surface area contributed by atoms with Crippen LogP contribution < -0.4 is 26.8 Å². The molecule has 3 heterocycles. The van der Waals surface area contributed by atoms with Crippen LogP contribution >= 0.6 is 24.8 Å². The highest BCUT2D eigenvalue weighted by Gasteiger charge is 2.34. The van der Waals surface area contributed by atoms with Crippen molar-refractivity contribution < 1.29 is 4.79 Å². The second kappa shape index (κ2) is 13.3. The second-order valence-electron chi connectivity index (χ2n) is 9.49. The van der Waals surface area contributed by atoms with E-state index in [1.54, 1.807) is 12.3 Å². The molecule has 0 aliphatic carbocycles. The Morgan fingerprint density at radius 3 is 2.25 bits per heavy atom. The number of benzene rings is 2. The molecular formula is C29H33Cl2N7O2. The average Bonchev–Trinajstić information content (AvgIpc) is 3.27. The molecule has 0 bridgehead atoms. The molecule has 2 aromatic heterocycles. The lowest BCUT2D eigenvalue weighted by Crippen LogP contribution is -2.37. The summed E-state index contributed by atoms with van der Waals surface area (Å²) < 4.78 is 1.53. The molecule has 0 unspecified atom stereocenters. The molecule has 4 aromatic rings. The van der Waals surface area contributed by atoms with Crippen LogP contribution in [0.3, 0.4) is 0 Å². The molecule has 0 fully saturated rings. The standard InChI is InChI=1S/C29H31N7O2.2ClH/c1-19-22(13-14-25(30)34-19)15-33-28(37)24-18-35(2)26-17-32-27(29(38)36(24)26)31-16-23(20-9-5-3-6-10-20)21-11-7-4-8-12-21;;/h3-14,17,23-24H,15-16,18H2,1-2H3,(H2,30,34)(H,31,32)(H,33,37);2*1H/t24-;;/m1../s1. The molecule has 1 atom stereocenters. The van der Waals surface area contributed by atoms with Crippen LogP contribution in [0.1, 0.15) is 34.3 Å². The lowest BCUT2D eigenvalue weighted by atomic mass is 9.91. The zero-order chi connectivity index (χ0) is 26.6. The van der Waals surface area contributed by atoms with Crippen LogP contribution in [0.25, 0.3) is 0 Å². The largest absolute Gasteiger partial charge is 0.384 e. The number of aryl methyl sites for hydroxylation is 1. The summed E-state index contributed by atoms with van der Waals surface area (Å²) in [6.45, 7) is 3.00. The fraction of sp³-hybridized carbons (Fsp3) is 0.241. The number of aromatic nitrogens is 3. The van der Waals surface area contributed by atoms with Crippen molar-refractivity contribution in [2.24, 2.45) is 0 Å². The number of carbonyl (C=O) groups excluding carboxylic acids is 1. The van der Waals surface area contributed by atoms with Crippen molar-refractivity contribution in [1.82, 2.24) is 19.9 Å². The van der Waals surface area contributed by atoms with Gasteiger partial charge in [0.1, 0.15) is 17.7 Å². The highest BCUT2D eigenvalue weighted by molar-refractivity contribution is 5.85. The van der Waals surface area contributed by atoms with E-state index in [1.165, 1.54) is 4.57 Å². The number of nitrogens with zero attached hydrogens (tertiary/aromatic N) is 4. The van der Waals surface area contributed by atoms with Gasteiger partial charge in [0, 0.05) is 38.3 Å². The number of nitrogen functional groups attached to an aromatic ring is 1. The number of likely N-dealkylation sites (N-methyl/N-ethyl adjacent to an activating group) is 1. The van der Waals surface area contributed by atoms with Gasteiger partial charge in [-0.1, -0.05) is 66.7 Å². The van der Waals surface area contributed by atoms with Gasteiger partial charge in [-0.3, -0.25) is 14.2 Å². The third-order valence-corrected chi connectivity index (χ3v) is 6.98. The van der Waals surface area contributed by atoms with Crippen molar-refractivity contribution in [2.45, 2.75) is 25.4 Å². The highest BCUT2D eigenvalue weighted by Crippen LogP contribution is 2.27. The number of amides is 1. The predicted octanol–water partition coefficient (Wildman–Crippen LogP) is 3.92. The Bertz CT molecular complexity index is 1460. The number of hydrogen-bond donors (Lipinski definition) is 3. The zero-order valence-electron chi connectivity index (χ0n) is 22.3. The number of carbonyl (C=O) groups is 1. The van der Waals surface area contributed by atoms with Crippen molar-refractivity contribution >= 4 is 48.2 Å². The van der Waals surface area contributed by atoms with Crippen LogP contribution in [-0.2, 0) is 11.3 Å². The Labute approximate surface area is 245 Å². The van der Waals surface area contributed by atoms with Gasteiger partial charge in [0.05, 0.1) is 6.20 Å². The van der Waals surface area contributed by atoms with Gasteiger partial charge in [0.2, 0.25) is 5.91 Å². The molecule has 0 saturated carbocycles. The van der Waals surface area contributed by atoms with Gasteiger partial charge < -0.3 is 21.3 Å². The zero-order valence-corrected chi connectivity index (χ0v) is 23.9. The van der Waals surface area contributed by atoms with Crippen LogP contribution in [0.15, 0.2) is 83.8 Å². The predicted molar refractivity (Wildman–Crippen MR) is 164 cm³/mol. The third kappa shape index (κ3) is 6.38. The molecule has 40 heavy (non-hydrogen) atoms. The first-order valence-corrected chi connectivity index (χ1v) is 12.6. The average molecular weight is 583 g/mol. The molecule has 0 saturated heterocycles. The number of nitrogens with two attached hydrogens (primary N) is 1. The summed E-state index contributed by atoms with van der Waals surface area (Å²) in [5, 5.41) is 6.23. The molecule has 1 aliphatic heterocycles. The van der Waals surface area contributed by atoms with E-state index in [1.807, 2.05) is 61.3 Å². The normalized spacial score (nSPS) is 13.7. The van der Waals surface area contributed by atoms with Crippen LogP contribution in [0.2, 0.25) is 0 Å². The van der Waals surface area contributed by atoms with Crippen molar-refractivity contribution in [2.75, 3.05) is 36.1 Å². The van der Waals surface area contributed by atoms with Crippen molar-refractivity contribution in [3.05, 3.63) is 112 Å². The van der Waals surface area contributed by atoms with Gasteiger partial charge in [0.25, 0.3) is 5.56 Å². The quantitative estimate of drug-likeness (QED) is 0.288. The first-order valence-electron chi connectivity index (χ1n) is 12.6. The molecule has 4 N–H and O–H groups in total. The van der Waals surface area contributed by atoms with Crippen molar-refractivity contribution in [3.63, 3.8) is 0 Å². The summed E-state index contributed by atoms with van der Waals surface area (Å²) in [6, 6.07) is 23.2. The van der Waals surface area contributed by atoms with E-state index in [2.05, 4.69) is 44.9 Å². The lowest BCUT2D eigenvalue weighted by molar-refractivity contribution is -0.124. The van der Waals surface area contributed by atoms with E-state index in [9.17, 15) is 9.59 Å². The first-order chi connectivity index (χ1) is 18.4. The Morgan fingerprint density at radius 2 is 1.65 bits per heavy atom. The number of halogens is 2. The minimum atomic E-state index is -0.674. The van der Waals surface area contributed by atoms with Gasteiger partial charge in [-0.2, -0.15) is 0 Å². The summed E-state index contributed by atoms with van der Waals surface area (Å²) in [6.07, 6.45) is 1.64. The Hall–Kier alpha value is -4.08. The summed E-state index contributed by atoms with van der Waals surface area (Å²) in [5.41, 5.74) is 9.32. The fourth-order valence-corrected chi connectivity index (χ4v) is 4.89. The van der Waals surface area contributed by atoms with Crippen LogP contribution in [0.4, 0.5) is 17.5 Å². The molecule has 0 radical (unpaired) electrons. The molecule has 11 heteroatoms. The number of hydrogen-bond acceptors (Lipinski definition) is 7. The number of anilines is 3. The van der Waals surface area contributed by atoms with Crippen LogP contribution in [0, 0.1) is 6.92 Å². The van der Waals surface area contributed by atoms with Gasteiger partial charge in [0.15, 0.2) is 5.82 Å². The maximum atomic E-state index is 13.6. The molecule has 2 aromatic carbocycles. The molecule has 1 amide bonds. The SMILES string of the molecule is Cc1nc(N)ccc1CNC(=O)[C@H]1CN(C)c2cnc(NCC(c3ccccc3)c3ccccc3)c(=O)n21.Cl.Cl. The monoisotopic (exact) mass is 581 g/mol. The topological polar surface area (TPSA) is 118 Å². The van der Waals surface area contributed by atoms with E-state index in [4.69, 9.17) is 5.73 Å². The molecule has 1 aliphatic rings. The summed E-state index contributed by atoms with van der Waals surface area (Å²) in [7, 11) is 1.85. The molecule has 0 spiro atoms. The van der Waals surface area contributed by atoms with E-state index >= 15 is 0 Å². The van der Waals surface area contributed by atoms with Crippen LogP contribution in [0.5, 0.6) is 0 Å². The van der Waals surface area contributed by atoms with Gasteiger partial charge in [-0.25, -0.2) is 9.97 Å². The number of fused-ring (bicyclic) bond motifs is 1.